The lowest BCUT2D eigenvalue weighted by atomic mass is 10.1. The fourth-order valence-electron chi connectivity index (χ4n) is 2.76. The molecule has 0 unspecified atom stereocenters. The molecule has 3 aromatic rings. The van der Waals surface area contributed by atoms with Crippen molar-refractivity contribution < 1.29 is 14.3 Å². The SMILES string of the molecule is C[C@H](NC(=O)c1ccc(-n2ccnc2)nc1)c1ccc2c(c1)OCCO2. The van der Waals surface area contributed by atoms with E-state index < -0.39 is 0 Å². The number of aromatic nitrogens is 3. The van der Waals surface area contributed by atoms with Crippen LogP contribution in [0.15, 0.2) is 55.2 Å². The quantitative estimate of drug-likeness (QED) is 0.782. The van der Waals surface area contributed by atoms with Crippen molar-refractivity contribution in [2.45, 2.75) is 13.0 Å². The van der Waals surface area contributed by atoms with Crippen molar-refractivity contribution in [2.75, 3.05) is 13.2 Å². The van der Waals surface area contributed by atoms with Gasteiger partial charge in [0.25, 0.3) is 5.91 Å². The first-order valence-electron chi connectivity index (χ1n) is 8.35. The molecule has 26 heavy (non-hydrogen) atoms. The molecule has 7 nitrogen and oxygen atoms in total. The summed E-state index contributed by atoms with van der Waals surface area (Å²) in [7, 11) is 0. The number of pyridine rings is 1. The van der Waals surface area contributed by atoms with Crippen LogP contribution < -0.4 is 14.8 Å². The summed E-state index contributed by atoms with van der Waals surface area (Å²) in [5.41, 5.74) is 1.45. The molecular formula is C19H18N4O3. The van der Waals surface area contributed by atoms with Gasteiger partial charge in [0.05, 0.1) is 11.6 Å². The normalized spacial score (nSPS) is 13.9. The van der Waals surface area contributed by atoms with Crippen LogP contribution in [-0.2, 0) is 0 Å². The van der Waals surface area contributed by atoms with Gasteiger partial charge < -0.3 is 14.8 Å². The smallest absolute Gasteiger partial charge is 0.253 e. The number of benzene rings is 1. The van der Waals surface area contributed by atoms with E-state index in [9.17, 15) is 4.79 Å². The van der Waals surface area contributed by atoms with Crippen molar-refractivity contribution in [3.63, 3.8) is 0 Å². The minimum Gasteiger partial charge on any atom is -0.486 e. The predicted octanol–water partition coefficient (Wildman–Crippen LogP) is 2.53. The summed E-state index contributed by atoms with van der Waals surface area (Å²) in [5, 5.41) is 2.98. The topological polar surface area (TPSA) is 78.3 Å². The Morgan fingerprint density at radius 3 is 2.77 bits per heavy atom. The van der Waals surface area contributed by atoms with Gasteiger partial charge in [-0.05, 0) is 36.8 Å². The van der Waals surface area contributed by atoms with E-state index in [0.29, 0.717) is 30.3 Å². The standard InChI is InChI=1S/C19H18N4O3/c1-13(14-2-4-16-17(10-14)26-9-8-25-16)22-19(24)15-3-5-18(21-11-15)23-7-6-20-12-23/h2-7,10-13H,8-9H2,1H3,(H,22,24)/t13-/m0/s1. The maximum Gasteiger partial charge on any atom is 0.253 e. The molecule has 4 rings (SSSR count). The van der Waals surface area contributed by atoms with Gasteiger partial charge in [0.2, 0.25) is 0 Å². The van der Waals surface area contributed by atoms with Gasteiger partial charge in [0, 0.05) is 18.6 Å². The third-order valence-corrected chi connectivity index (χ3v) is 4.19. The maximum absolute atomic E-state index is 12.5. The van der Waals surface area contributed by atoms with Crippen molar-refractivity contribution >= 4 is 5.91 Å². The lowest BCUT2D eigenvalue weighted by molar-refractivity contribution is 0.0939. The second-order valence-corrected chi connectivity index (χ2v) is 5.97. The second-order valence-electron chi connectivity index (χ2n) is 5.97. The number of carbonyl (C=O) groups excluding carboxylic acids is 1. The van der Waals surface area contributed by atoms with E-state index in [1.807, 2.05) is 25.1 Å². The Morgan fingerprint density at radius 2 is 2.04 bits per heavy atom. The summed E-state index contributed by atoms with van der Waals surface area (Å²) in [6.45, 7) is 3.02. The van der Waals surface area contributed by atoms with E-state index in [-0.39, 0.29) is 11.9 Å². The zero-order valence-electron chi connectivity index (χ0n) is 14.3. The van der Waals surface area contributed by atoms with Gasteiger partial charge >= 0.3 is 0 Å². The van der Waals surface area contributed by atoms with Crippen LogP contribution in [0.1, 0.15) is 28.9 Å². The highest BCUT2D eigenvalue weighted by atomic mass is 16.6. The number of amides is 1. The molecule has 7 heteroatoms. The lowest BCUT2D eigenvalue weighted by Crippen LogP contribution is -2.27. The number of fused-ring (bicyclic) bond motifs is 1. The van der Waals surface area contributed by atoms with Crippen molar-refractivity contribution in [3.05, 3.63) is 66.4 Å². The molecule has 0 fully saturated rings. The number of imidazole rings is 1. The number of nitrogens with zero attached hydrogens (tertiary/aromatic N) is 3. The molecule has 1 atom stereocenters. The van der Waals surface area contributed by atoms with Crippen LogP contribution in [0, 0.1) is 0 Å². The van der Waals surface area contributed by atoms with Gasteiger partial charge in [0.1, 0.15) is 25.4 Å². The van der Waals surface area contributed by atoms with E-state index in [1.54, 1.807) is 41.6 Å². The maximum atomic E-state index is 12.5. The summed E-state index contributed by atoms with van der Waals surface area (Å²) < 4.78 is 12.9. The van der Waals surface area contributed by atoms with Gasteiger partial charge in [-0.2, -0.15) is 0 Å². The monoisotopic (exact) mass is 350 g/mol. The zero-order valence-corrected chi connectivity index (χ0v) is 14.3. The first kappa shape index (κ1) is 16.1. The van der Waals surface area contributed by atoms with Crippen LogP contribution >= 0.6 is 0 Å². The molecule has 1 aliphatic rings. The molecule has 0 saturated carbocycles. The van der Waals surface area contributed by atoms with Crippen molar-refractivity contribution in [1.29, 1.82) is 0 Å². The van der Waals surface area contributed by atoms with Crippen LogP contribution in [0.25, 0.3) is 5.82 Å². The molecule has 1 N–H and O–H groups in total. The Morgan fingerprint density at radius 1 is 1.19 bits per heavy atom. The summed E-state index contributed by atoms with van der Waals surface area (Å²) >= 11 is 0. The third kappa shape index (κ3) is 3.23. The summed E-state index contributed by atoms with van der Waals surface area (Å²) in [5.74, 6) is 1.97. The molecule has 0 saturated heterocycles. The Bertz CT molecular complexity index is 907. The fraction of sp³-hybridized carbons (Fsp3) is 0.211. The summed E-state index contributed by atoms with van der Waals surface area (Å²) in [6, 6.07) is 9.05. The molecule has 1 aromatic carbocycles. The van der Waals surface area contributed by atoms with Gasteiger partial charge in [-0.1, -0.05) is 6.07 Å². The Hall–Kier alpha value is -3.35. The van der Waals surface area contributed by atoms with E-state index >= 15 is 0 Å². The molecule has 132 valence electrons. The van der Waals surface area contributed by atoms with Gasteiger partial charge in [0.15, 0.2) is 11.5 Å². The highest BCUT2D eigenvalue weighted by Gasteiger charge is 2.16. The number of ether oxygens (including phenoxy) is 2. The van der Waals surface area contributed by atoms with E-state index in [1.165, 1.54) is 0 Å². The lowest BCUT2D eigenvalue weighted by Gasteiger charge is -2.21. The highest BCUT2D eigenvalue weighted by Crippen LogP contribution is 2.32. The average Bonchev–Trinajstić information content (AvgIpc) is 3.22. The zero-order chi connectivity index (χ0) is 17.9. The van der Waals surface area contributed by atoms with Crippen LogP contribution in [0.4, 0.5) is 0 Å². The van der Waals surface area contributed by atoms with Gasteiger partial charge in [-0.15, -0.1) is 0 Å². The second kappa shape index (κ2) is 6.87. The van der Waals surface area contributed by atoms with Crippen LogP contribution in [0.3, 0.4) is 0 Å². The number of rotatable bonds is 4. The van der Waals surface area contributed by atoms with E-state index in [4.69, 9.17) is 9.47 Å². The largest absolute Gasteiger partial charge is 0.486 e. The molecule has 0 aliphatic carbocycles. The predicted molar refractivity (Wildman–Crippen MR) is 94.7 cm³/mol. The number of hydrogen-bond acceptors (Lipinski definition) is 5. The van der Waals surface area contributed by atoms with Crippen LogP contribution in [-0.4, -0.2) is 33.7 Å². The molecule has 0 radical (unpaired) electrons. The fourth-order valence-corrected chi connectivity index (χ4v) is 2.76. The minimum absolute atomic E-state index is 0.174. The molecule has 1 aliphatic heterocycles. The van der Waals surface area contributed by atoms with Crippen molar-refractivity contribution in [1.82, 2.24) is 19.9 Å². The number of nitrogens with one attached hydrogen (secondary N) is 1. The summed E-state index contributed by atoms with van der Waals surface area (Å²) in [6.07, 6.45) is 6.69. The Kier molecular flexibility index (Phi) is 4.27. The van der Waals surface area contributed by atoms with Gasteiger partial charge in [-0.25, -0.2) is 9.97 Å². The molecule has 1 amide bonds. The molecule has 2 aromatic heterocycles. The molecule has 0 spiro atoms. The molecular weight excluding hydrogens is 332 g/mol. The summed E-state index contributed by atoms with van der Waals surface area (Å²) in [4.78, 5) is 20.8. The van der Waals surface area contributed by atoms with Crippen molar-refractivity contribution in [2.24, 2.45) is 0 Å². The first-order valence-corrected chi connectivity index (χ1v) is 8.35. The molecule has 3 heterocycles. The Labute approximate surface area is 150 Å². The van der Waals surface area contributed by atoms with Gasteiger partial charge in [-0.3, -0.25) is 9.36 Å². The van der Waals surface area contributed by atoms with Crippen LogP contribution in [0.5, 0.6) is 11.5 Å². The van der Waals surface area contributed by atoms with Crippen LogP contribution in [0.2, 0.25) is 0 Å². The average molecular weight is 350 g/mol. The Balaban J connectivity index is 1.45. The van der Waals surface area contributed by atoms with E-state index in [0.717, 1.165) is 11.3 Å². The molecule has 0 bridgehead atoms. The van der Waals surface area contributed by atoms with E-state index in [2.05, 4.69) is 15.3 Å². The third-order valence-electron chi connectivity index (χ3n) is 4.19. The van der Waals surface area contributed by atoms with Crippen molar-refractivity contribution in [3.8, 4) is 17.3 Å². The first-order chi connectivity index (χ1) is 12.7. The highest BCUT2D eigenvalue weighted by molar-refractivity contribution is 5.94. The minimum atomic E-state index is -0.183. The number of carbonyl (C=O) groups is 1. The number of hydrogen-bond donors (Lipinski definition) is 1.